The lowest BCUT2D eigenvalue weighted by Crippen LogP contribution is -2.45. The third-order valence-corrected chi connectivity index (χ3v) is 4.24. The van der Waals surface area contributed by atoms with Gasteiger partial charge < -0.3 is 19.5 Å². The zero-order valence-corrected chi connectivity index (χ0v) is 15.1. The van der Waals surface area contributed by atoms with Crippen molar-refractivity contribution in [3.05, 3.63) is 17.8 Å². The van der Waals surface area contributed by atoms with Crippen LogP contribution in [0.3, 0.4) is 0 Å². The molecule has 1 fully saturated rings. The normalized spacial score (nSPS) is 16.5. The molecule has 1 aliphatic rings. The van der Waals surface area contributed by atoms with Crippen molar-refractivity contribution in [1.82, 2.24) is 4.98 Å². The molecule has 1 amide bonds. The van der Waals surface area contributed by atoms with Gasteiger partial charge in [-0.3, -0.25) is 4.79 Å². The first-order chi connectivity index (χ1) is 11.5. The van der Waals surface area contributed by atoms with Gasteiger partial charge in [-0.2, -0.15) is 0 Å². The highest BCUT2D eigenvalue weighted by Crippen LogP contribution is 2.42. The molecule has 24 heavy (non-hydrogen) atoms. The molecule has 0 radical (unpaired) electrons. The van der Waals surface area contributed by atoms with Crippen LogP contribution in [0.2, 0.25) is 0 Å². The smallest absolute Gasteiger partial charge is 0.256 e. The number of amides is 1. The van der Waals surface area contributed by atoms with Crippen molar-refractivity contribution in [3.63, 3.8) is 0 Å². The van der Waals surface area contributed by atoms with E-state index in [4.69, 9.17) is 14.2 Å². The van der Waals surface area contributed by atoms with Crippen LogP contribution in [0.25, 0.3) is 0 Å². The Bertz CT molecular complexity index is 560. The predicted octanol–water partition coefficient (Wildman–Crippen LogP) is 2.95. The number of hydrogen-bond acceptors (Lipinski definition) is 5. The number of anilines is 1. The lowest BCUT2D eigenvalue weighted by atomic mass is 9.98. The van der Waals surface area contributed by atoms with Gasteiger partial charge in [-0.05, 0) is 52.5 Å². The molecule has 134 valence electrons. The highest BCUT2D eigenvalue weighted by molar-refractivity contribution is 5.98. The van der Waals surface area contributed by atoms with E-state index in [1.165, 1.54) is 0 Å². The second kappa shape index (κ2) is 8.44. The lowest BCUT2D eigenvalue weighted by molar-refractivity contribution is -0.141. The Labute approximate surface area is 143 Å². The largest absolute Gasteiger partial charge is 0.475 e. The van der Waals surface area contributed by atoms with E-state index in [1.54, 1.807) is 6.07 Å². The number of nitrogens with one attached hydrogen (secondary N) is 1. The minimum absolute atomic E-state index is 0.109. The SMILES string of the molecule is CCOCCOc1ccc(NC(=O)[C@@](C)(OCC)C2CC2)c(C)n1. The highest BCUT2D eigenvalue weighted by atomic mass is 16.5. The molecule has 1 aliphatic carbocycles. The molecule has 0 unspecified atom stereocenters. The number of carbonyl (C=O) groups is 1. The van der Waals surface area contributed by atoms with E-state index >= 15 is 0 Å². The van der Waals surface area contributed by atoms with Crippen LogP contribution in [0.1, 0.15) is 39.3 Å². The fourth-order valence-corrected chi connectivity index (χ4v) is 2.65. The number of ether oxygens (including phenoxy) is 3. The van der Waals surface area contributed by atoms with Gasteiger partial charge in [0.1, 0.15) is 12.2 Å². The molecule has 0 aliphatic heterocycles. The Morgan fingerprint density at radius 3 is 2.62 bits per heavy atom. The number of rotatable bonds is 10. The average Bonchev–Trinajstić information content (AvgIpc) is 3.39. The van der Waals surface area contributed by atoms with Gasteiger partial charge in [0.25, 0.3) is 5.91 Å². The summed E-state index contributed by atoms with van der Waals surface area (Å²) >= 11 is 0. The van der Waals surface area contributed by atoms with E-state index in [2.05, 4.69) is 10.3 Å². The summed E-state index contributed by atoms with van der Waals surface area (Å²) in [5.74, 6) is 0.716. The number of pyridine rings is 1. The van der Waals surface area contributed by atoms with Crippen molar-refractivity contribution in [2.24, 2.45) is 5.92 Å². The summed E-state index contributed by atoms with van der Waals surface area (Å²) in [7, 11) is 0. The van der Waals surface area contributed by atoms with Crippen LogP contribution in [-0.2, 0) is 14.3 Å². The summed E-state index contributed by atoms with van der Waals surface area (Å²) in [6.07, 6.45) is 2.07. The third kappa shape index (κ3) is 4.68. The molecule has 1 N–H and O–H groups in total. The van der Waals surface area contributed by atoms with Crippen LogP contribution < -0.4 is 10.1 Å². The molecule has 0 aromatic carbocycles. The highest BCUT2D eigenvalue weighted by Gasteiger charge is 2.48. The van der Waals surface area contributed by atoms with Crippen molar-refractivity contribution < 1.29 is 19.0 Å². The maximum Gasteiger partial charge on any atom is 0.256 e. The standard InChI is InChI=1S/C18H28N2O4/c1-5-22-11-12-23-16-10-9-15(13(3)19-16)20-17(21)18(4,24-6-2)14-7-8-14/h9-10,14H,5-8,11-12H2,1-4H3,(H,20,21)/t18-/m0/s1. The first-order valence-corrected chi connectivity index (χ1v) is 8.64. The van der Waals surface area contributed by atoms with Crippen LogP contribution in [0.5, 0.6) is 5.88 Å². The molecular weight excluding hydrogens is 308 g/mol. The monoisotopic (exact) mass is 336 g/mol. The fraction of sp³-hybridized carbons (Fsp3) is 0.667. The topological polar surface area (TPSA) is 69.7 Å². The summed E-state index contributed by atoms with van der Waals surface area (Å²) in [4.78, 5) is 17.1. The zero-order chi connectivity index (χ0) is 17.6. The van der Waals surface area contributed by atoms with E-state index in [0.717, 1.165) is 12.8 Å². The molecule has 1 heterocycles. The third-order valence-electron chi connectivity index (χ3n) is 4.24. The van der Waals surface area contributed by atoms with Crippen molar-refractivity contribution in [2.45, 2.75) is 46.1 Å². The fourth-order valence-electron chi connectivity index (χ4n) is 2.65. The molecule has 2 rings (SSSR count). The number of hydrogen-bond donors (Lipinski definition) is 1. The van der Waals surface area contributed by atoms with E-state index in [0.29, 0.717) is 49.6 Å². The summed E-state index contributed by atoms with van der Waals surface area (Å²) in [5.41, 5.74) is 0.629. The first-order valence-electron chi connectivity index (χ1n) is 8.64. The molecule has 1 saturated carbocycles. The quantitative estimate of drug-likeness (QED) is 0.665. The van der Waals surface area contributed by atoms with Gasteiger partial charge in [-0.1, -0.05) is 0 Å². The average molecular weight is 336 g/mol. The molecule has 0 bridgehead atoms. The summed E-state index contributed by atoms with van der Waals surface area (Å²) in [6, 6.07) is 3.57. The van der Waals surface area contributed by atoms with Gasteiger partial charge in [0, 0.05) is 19.3 Å². The summed E-state index contributed by atoms with van der Waals surface area (Å²) in [5, 5.41) is 2.95. The minimum Gasteiger partial charge on any atom is -0.475 e. The van der Waals surface area contributed by atoms with Crippen molar-refractivity contribution in [3.8, 4) is 5.88 Å². The number of aryl methyl sites for hydroxylation is 1. The lowest BCUT2D eigenvalue weighted by Gasteiger charge is -2.28. The number of carbonyl (C=O) groups excluding carboxylic acids is 1. The molecule has 0 saturated heterocycles. The maximum atomic E-state index is 12.7. The number of aromatic nitrogens is 1. The van der Waals surface area contributed by atoms with Crippen LogP contribution in [0, 0.1) is 12.8 Å². The van der Waals surface area contributed by atoms with Crippen molar-refractivity contribution in [2.75, 3.05) is 31.7 Å². The Morgan fingerprint density at radius 1 is 1.29 bits per heavy atom. The van der Waals surface area contributed by atoms with Gasteiger partial charge in [0.15, 0.2) is 0 Å². The Kier molecular flexibility index (Phi) is 6.57. The zero-order valence-electron chi connectivity index (χ0n) is 15.1. The van der Waals surface area contributed by atoms with E-state index < -0.39 is 5.60 Å². The Morgan fingerprint density at radius 2 is 2.04 bits per heavy atom. The van der Waals surface area contributed by atoms with Crippen LogP contribution in [-0.4, -0.2) is 42.9 Å². The van der Waals surface area contributed by atoms with Gasteiger partial charge in [0.05, 0.1) is 18.0 Å². The predicted molar refractivity (Wildman–Crippen MR) is 92.3 cm³/mol. The van der Waals surface area contributed by atoms with Crippen molar-refractivity contribution in [1.29, 1.82) is 0 Å². The Balaban J connectivity index is 1.97. The second-order valence-corrected chi connectivity index (χ2v) is 6.10. The van der Waals surface area contributed by atoms with Crippen LogP contribution in [0.15, 0.2) is 12.1 Å². The summed E-state index contributed by atoms with van der Waals surface area (Å²) < 4.78 is 16.5. The molecular formula is C18H28N2O4. The number of nitrogens with zero attached hydrogens (tertiary/aromatic N) is 1. The van der Waals surface area contributed by atoms with Crippen LogP contribution >= 0.6 is 0 Å². The van der Waals surface area contributed by atoms with Gasteiger partial charge in [-0.15, -0.1) is 0 Å². The molecule has 6 heteroatoms. The van der Waals surface area contributed by atoms with Gasteiger partial charge in [-0.25, -0.2) is 4.98 Å². The molecule has 0 spiro atoms. The van der Waals surface area contributed by atoms with E-state index in [9.17, 15) is 4.79 Å². The maximum absolute atomic E-state index is 12.7. The molecule has 1 aromatic rings. The second-order valence-electron chi connectivity index (χ2n) is 6.10. The first kappa shape index (κ1) is 18.7. The summed E-state index contributed by atoms with van der Waals surface area (Å²) in [6.45, 7) is 9.74. The van der Waals surface area contributed by atoms with Crippen LogP contribution in [0.4, 0.5) is 5.69 Å². The molecule has 1 atom stereocenters. The van der Waals surface area contributed by atoms with Crippen molar-refractivity contribution >= 4 is 11.6 Å². The minimum atomic E-state index is -0.770. The Hall–Kier alpha value is -1.66. The van der Waals surface area contributed by atoms with E-state index in [-0.39, 0.29) is 5.91 Å². The molecule has 1 aromatic heterocycles. The van der Waals surface area contributed by atoms with Gasteiger partial charge >= 0.3 is 0 Å². The van der Waals surface area contributed by atoms with E-state index in [1.807, 2.05) is 33.8 Å². The molecule has 6 nitrogen and oxygen atoms in total. The van der Waals surface area contributed by atoms with Gasteiger partial charge in [0.2, 0.25) is 5.88 Å².